The predicted octanol–water partition coefficient (Wildman–Crippen LogP) is 3.66. The van der Waals surface area contributed by atoms with Crippen molar-refractivity contribution in [1.82, 2.24) is 10.2 Å². The Kier molecular flexibility index (Phi) is 7.12. The Balaban J connectivity index is 1.44. The Morgan fingerprint density at radius 1 is 1.12 bits per heavy atom. The SMILES string of the molecule is N#CCCCC(NC(=O)OCC1c2ccccc2-c2ccccc21)C(=O)N1CCC[C@H]1C(=O)O. The van der Waals surface area contributed by atoms with Crippen LogP contribution in [0.15, 0.2) is 48.5 Å². The maximum absolute atomic E-state index is 13.1. The fraction of sp³-hybridized carbons (Fsp3) is 0.385. The van der Waals surface area contributed by atoms with Crippen LogP contribution in [0.5, 0.6) is 0 Å². The Morgan fingerprint density at radius 3 is 2.38 bits per heavy atom. The van der Waals surface area contributed by atoms with Crippen LogP contribution in [0.1, 0.15) is 49.1 Å². The van der Waals surface area contributed by atoms with E-state index in [1.54, 1.807) is 0 Å². The number of benzene rings is 2. The van der Waals surface area contributed by atoms with Crippen LogP contribution in [0.25, 0.3) is 11.1 Å². The van der Waals surface area contributed by atoms with Gasteiger partial charge in [0, 0.05) is 18.9 Å². The number of unbranched alkanes of at least 4 members (excludes halogenated alkanes) is 1. The highest BCUT2D eigenvalue weighted by Gasteiger charge is 2.38. The molecule has 176 valence electrons. The zero-order valence-corrected chi connectivity index (χ0v) is 18.8. The molecule has 0 spiro atoms. The van der Waals surface area contributed by atoms with Crippen molar-refractivity contribution in [3.8, 4) is 17.2 Å². The second kappa shape index (κ2) is 10.4. The van der Waals surface area contributed by atoms with E-state index in [1.807, 2.05) is 54.6 Å². The number of ether oxygens (including phenoxy) is 1. The molecule has 0 saturated carbocycles. The molecule has 1 heterocycles. The molecule has 2 aromatic carbocycles. The van der Waals surface area contributed by atoms with Crippen molar-refractivity contribution in [3.05, 3.63) is 59.7 Å². The summed E-state index contributed by atoms with van der Waals surface area (Å²) in [7, 11) is 0. The monoisotopic (exact) mass is 461 g/mol. The minimum atomic E-state index is -1.05. The standard InChI is InChI=1S/C26H27N3O5/c27-14-6-5-12-22(24(30)29-15-7-13-23(29)25(31)32)28-26(33)34-16-21-19-10-3-1-8-17(19)18-9-2-4-11-20(18)21/h1-4,8-11,21-23H,5-7,12-13,15-16H2,(H,28,33)(H,31,32)/t22?,23-/m0/s1. The number of carbonyl (C=O) groups excluding carboxylic acids is 2. The molecule has 1 unspecified atom stereocenters. The van der Waals surface area contributed by atoms with Gasteiger partial charge >= 0.3 is 12.1 Å². The van der Waals surface area contributed by atoms with E-state index in [4.69, 9.17) is 10.00 Å². The molecule has 2 aromatic rings. The Morgan fingerprint density at radius 2 is 1.76 bits per heavy atom. The highest BCUT2D eigenvalue weighted by molar-refractivity contribution is 5.89. The number of alkyl carbamates (subject to hydrolysis) is 1. The summed E-state index contributed by atoms with van der Waals surface area (Å²) >= 11 is 0. The van der Waals surface area contributed by atoms with E-state index < -0.39 is 30.1 Å². The summed E-state index contributed by atoms with van der Waals surface area (Å²) in [6.07, 6.45) is 1.12. The normalized spacial score (nSPS) is 17.4. The van der Waals surface area contributed by atoms with Gasteiger partial charge < -0.3 is 20.1 Å². The predicted molar refractivity (Wildman–Crippen MR) is 124 cm³/mol. The van der Waals surface area contributed by atoms with E-state index in [0.717, 1.165) is 22.3 Å². The van der Waals surface area contributed by atoms with Gasteiger partial charge in [-0.05, 0) is 47.9 Å². The van der Waals surface area contributed by atoms with Gasteiger partial charge in [0.05, 0.1) is 6.07 Å². The Hall–Kier alpha value is -3.86. The van der Waals surface area contributed by atoms with Gasteiger partial charge in [0.1, 0.15) is 18.7 Å². The third-order valence-electron chi connectivity index (χ3n) is 6.54. The molecule has 2 amide bonds. The number of amides is 2. The molecular weight excluding hydrogens is 434 g/mol. The molecule has 0 bridgehead atoms. The van der Waals surface area contributed by atoms with Gasteiger partial charge in [-0.2, -0.15) is 5.26 Å². The van der Waals surface area contributed by atoms with Crippen molar-refractivity contribution in [2.24, 2.45) is 0 Å². The smallest absolute Gasteiger partial charge is 0.407 e. The number of hydrogen-bond acceptors (Lipinski definition) is 5. The number of carboxylic acids is 1. The van der Waals surface area contributed by atoms with Gasteiger partial charge in [0.15, 0.2) is 0 Å². The number of hydrogen-bond donors (Lipinski definition) is 2. The zero-order valence-electron chi connectivity index (χ0n) is 18.8. The first-order chi connectivity index (χ1) is 16.5. The second-order valence-corrected chi connectivity index (χ2v) is 8.60. The number of fused-ring (bicyclic) bond motifs is 3. The van der Waals surface area contributed by atoms with Crippen molar-refractivity contribution < 1.29 is 24.2 Å². The van der Waals surface area contributed by atoms with Crippen LogP contribution in [0, 0.1) is 11.3 Å². The summed E-state index contributed by atoms with van der Waals surface area (Å²) in [4.78, 5) is 38.6. The summed E-state index contributed by atoms with van der Waals surface area (Å²) in [5.41, 5.74) is 4.40. The van der Waals surface area contributed by atoms with Crippen LogP contribution in [-0.4, -0.2) is 53.2 Å². The number of rotatable bonds is 8. The van der Waals surface area contributed by atoms with Gasteiger partial charge in [-0.15, -0.1) is 0 Å². The lowest BCUT2D eigenvalue weighted by Gasteiger charge is -2.27. The van der Waals surface area contributed by atoms with Crippen LogP contribution in [0.4, 0.5) is 4.79 Å². The average molecular weight is 462 g/mol. The second-order valence-electron chi connectivity index (χ2n) is 8.60. The molecule has 8 heteroatoms. The topological polar surface area (TPSA) is 120 Å². The van der Waals surface area contributed by atoms with Gasteiger partial charge in [-0.3, -0.25) is 4.79 Å². The number of likely N-dealkylation sites (tertiary alicyclic amines) is 1. The third-order valence-corrected chi connectivity index (χ3v) is 6.54. The molecule has 1 aliphatic heterocycles. The first-order valence-electron chi connectivity index (χ1n) is 11.5. The molecule has 2 N–H and O–H groups in total. The van der Waals surface area contributed by atoms with Gasteiger partial charge in [-0.1, -0.05) is 48.5 Å². The molecule has 1 saturated heterocycles. The van der Waals surface area contributed by atoms with Crippen LogP contribution in [0.3, 0.4) is 0 Å². The van der Waals surface area contributed by atoms with E-state index in [0.29, 0.717) is 25.8 Å². The summed E-state index contributed by atoms with van der Waals surface area (Å²) in [5.74, 6) is -1.61. The van der Waals surface area contributed by atoms with Gasteiger partial charge in [-0.25, -0.2) is 9.59 Å². The fourth-order valence-corrected chi connectivity index (χ4v) is 4.91. The quantitative estimate of drug-likeness (QED) is 0.579. The largest absolute Gasteiger partial charge is 0.480 e. The maximum atomic E-state index is 13.1. The van der Waals surface area contributed by atoms with Gasteiger partial charge in [0.25, 0.3) is 0 Å². The molecule has 2 atom stereocenters. The fourth-order valence-electron chi connectivity index (χ4n) is 4.91. The molecule has 8 nitrogen and oxygen atoms in total. The molecule has 0 aromatic heterocycles. The molecule has 0 radical (unpaired) electrons. The minimum Gasteiger partial charge on any atom is -0.480 e. The third kappa shape index (κ3) is 4.74. The lowest BCUT2D eigenvalue weighted by molar-refractivity contribution is -0.149. The summed E-state index contributed by atoms with van der Waals surface area (Å²) in [5, 5.41) is 20.9. The molecule has 2 aliphatic rings. The first-order valence-corrected chi connectivity index (χ1v) is 11.5. The van der Waals surface area contributed by atoms with Crippen molar-refractivity contribution >= 4 is 18.0 Å². The maximum Gasteiger partial charge on any atom is 0.407 e. The van der Waals surface area contributed by atoms with Crippen molar-refractivity contribution in [1.29, 1.82) is 5.26 Å². The summed E-state index contributed by atoms with van der Waals surface area (Å²) in [6.45, 7) is 0.442. The molecular formula is C26H27N3O5. The molecule has 4 rings (SSSR count). The van der Waals surface area contributed by atoms with E-state index in [-0.39, 0.29) is 25.4 Å². The zero-order chi connectivity index (χ0) is 24.1. The van der Waals surface area contributed by atoms with Crippen molar-refractivity contribution in [3.63, 3.8) is 0 Å². The van der Waals surface area contributed by atoms with Crippen molar-refractivity contribution in [2.45, 2.75) is 50.1 Å². The van der Waals surface area contributed by atoms with Crippen LogP contribution in [0.2, 0.25) is 0 Å². The van der Waals surface area contributed by atoms with Gasteiger partial charge in [0.2, 0.25) is 5.91 Å². The lowest BCUT2D eigenvalue weighted by Crippen LogP contribution is -2.51. The molecule has 34 heavy (non-hydrogen) atoms. The number of aliphatic carboxylic acids is 1. The Bertz CT molecular complexity index is 1080. The first kappa shape index (κ1) is 23.3. The summed E-state index contributed by atoms with van der Waals surface area (Å²) < 4.78 is 5.56. The number of carbonyl (C=O) groups is 3. The summed E-state index contributed by atoms with van der Waals surface area (Å²) in [6, 6.07) is 16.2. The highest BCUT2D eigenvalue weighted by Crippen LogP contribution is 2.44. The van der Waals surface area contributed by atoms with E-state index >= 15 is 0 Å². The molecule has 1 fully saturated rings. The Labute approximate surface area is 198 Å². The van der Waals surface area contributed by atoms with E-state index in [9.17, 15) is 19.5 Å². The molecule has 1 aliphatic carbocycles. The van der Waals surface area contributed by atoms with E-state index in [2.05, 4.69) is 5.32 Å². The number of nitriles is 1. The van der Waals surface area contributed by atoms with Crippen molar-refractivity contribution in [2.75, 3.05) is 13.2 Å². The number of nitrogens with one attached hydrogen (secondary N) is 1. The lowest BCUT2D eigenvalue weighted by atomic mass is 9.98. The van der Waals surface area contributed by atoms with Crippen LogP contribution < -0.4 is 5.32 Å². The van der Waals surface area contributed by atoms with Crippen LogP contribution >= 0.6 is 0 Å². The number of nitrogens with zero attached hydrogens (tertiary/aromatic N) is 2. The number of carboxylic acid groups (broad SMARTS) is 1. The minimum absolute atomic E-state index is 0.110. The van der Waals surface area contributed by atoms with E-state index in [1.165, 1.54) is 4.90 Å². The highest BCUT2D eigenvalue weighted by atomic mass is 16.5. The van der Waals surface area contributed by atoms with Crippen LogP contribution in [-0.2, 0) is 14.3 Å². The average Bonchev–Trinajstić information content (AvgIpc) is 3.45.